The molecule has 19 heteroatoms. The molecule has 3 aromatic rings. The van der Waals surface area contributed by atoms with Gasteiger partial charge in [0.2, 0.25) is 0 Å². The van der Waals surface area contributed by atoms with Crippen molar-refractivity contribution in [3.63, 3.8) is 0 Å². The molecule has 1 fully saturated rings. The van der Waals surface area contributed by atoms with Gasteiger partial charge in [0.1, 0.15) is 24.4 Å². The molecule has 5 atom stereocenters. The zero-order chi connectivity index (χ0) is 36.5. The minimum Gasteiger partial charge on any atom is -0.374 e. The van der Waals surface area contributed by atoms with E-state index >= 15 is 0 Å². The van der Waals surface area contributed by atoms with Crippen LogP contribution >= 0.6 is 0 Å². The summed E-state index contributed by atoms with van der Waals surface area (Å²) in [6.07, 6.45) is -6.35. The molecule has 1 aliphatic heterocycles. The second kappa shape index (κ2) is 16.7. The number of ether oxygens (including phenoxy) is 4. The summed E-state index contributed by atoms with van der Waals surface area (Å²) in [5, 5.41) is 11.3. The van der Waals surface area contributed by atoms with Gasteiger partial charge in [0.05, 0.1) is 26.4 Å². The third-order valence-electron chi connectivity index (χ3n) is 6.67. The van der Waals surface area contributed by atoms with Crippen LogP contribution in [0.2, 0.25) is 0 Å². The number of hydrogen-bond donors (Lipinski definition) is 2. The molecule has 2 N–H and O–H groups in total. The molecule has 0 saturated carbocycles. The van der Waals surface area contributed by atoms with Gasteiger partial charge in [-0.3, -0.25) is 8.74 Å². The molecule has 1 aliphatic rings. The predicted octanol–water partition coefficient (Wildman–Crippen LogP) is 5.11. The fourth-order valence-electron chi connectivity index (χ4n) is 4.40. The molecular formula is C30H32F6O11S2. The molecule has 3 aromatic carbocycles. The Morgan fingerprint density at radius 2 is 1.10 bits per heavy atom. The minimum absolute atomic E-state index is 0.0467. The summed E-state index contributed by atoms with van der Waals surface area (Å²) < 4.78 is 151. The Morgan fingerprint density at radius 3 is 1.51 bits per heavy atom. The van der Waals surface area contributed by atoms with Crippen LogP contribution < -0.4 is 0 Å². The van der Waals surface area contributed by atoms with Crippen molar-refractivity contribution in [2.24, 2.45) is 0 Å². The molecule has 4 rings (SSSR count). The van der Waals surface area contributed by atoms with Crippen LogP contribution in [0.4, 0.5) is 26.3 Å². The summed E-state index contributed by atoms with van der Waals surface area (Å²) >= 11 is 0. The summed E-state index contributed by atoms with van der Waals surface area (Å²) in [5.41, 5.74) is -9.15. The van der Waals surface area contributed by atoms with Gasteiger partial charge in [0.15, 0.2) is 5.79 Å². The number of aliphatic hydroxyl groups is 1. The predicted molar refractivity (Wildman–Crippen MR) is 159 cm³/mol. The Hall–Kier alpha value is -3.14. The van der Waals surface area contributed by atoms with E-state index in [0.29, 0.717) is 11.1 Å². The Morgan fingerprint density at radius 1 is 0.694 bits per heavy atom. The Balaban J connectivity index is 0.000000723. The molecule has 0 amide bonds. The monoisotopic (exact) mass is 746 g/mol. The van der Waals surface area contributed by atoms with Gasteiger partial charge in [0.25, 0.3) is 0 Å². The molecule has 0 bridgehead atoms. The zero-order valence-electron chi connectivity index (χ0n) is 25.5. The largest absolute Gasteiger partial charge is 0.523 e. The van der Waals surface area contributed by atoms with Crippen LogP contribution in [-0.4, -0.2) is 74.3 Å². The SMILES string of the molecule is C[C@]1(O)O[C@H](COCc2ccccc2)[C@H](OS(=O)(=O)C(F)(F)F)[C@H](OCc2ccccc2)[C@H]1OCc1ccccc1.O=S(=O)(O)C(F)(F)F. The topological polar surface area (TPSA) is 155 Å². The lowest BCUT2D eigenvalue weighted by Crippen LogP contribution is -2.66. The van der Waals surface area contributed by atoms with E-state index in [9.17, 15) is 39.9 Å². The summed E-state index contributed by atoms with van der Waals surface area (Å²) in [7, 11) is -11.9. The number of benzene rings is 3. The van der Waals surface area contributed by atoms with E-state index < -0.39 is 68.1 Å². The Labute approximate surface area is 278 Å². The van der Waals surface area contributed by atoms with Gasteiger partial charge < -0.3 is 24.1 Å². The van der Waals surface area contributed by atoms with Crippen molar-refractivity contribution in [1.29, 1.82) is 0 Å². The van der Waals surface area contributed by atoms with Crippen LogP contribution in [0.5, 0.6) is 0 Å². The summed E-state index contributed by atoms with van der Waals surface area (Å²) in [4.78, 5) is 0. The van der Waals surface area contributed by atoms with Crippen molar-refractivity contribution in [2.75, 3.05) is 6.61 Å². The van der Waals surface area contributed by atoms with Crippen LogP contribution in [0.15, 0.2) is 91.0 Å². The highest BCUT2D eigenvalue weighted by Crippen LogP contribution is 2.38. The third kappa shape index (κ3) is 12.0. The van der Waals surface area contributed by atoms with E-state index in [4.69, 9.17) is 36.1 Å². The van der Waals surface area contributed by atoms with Gasteiger partial charge in [-0.1, -0.05) is 91.0 Å². The molecule has 0 radical (unpaired) electrons. The fourth-order valence-corrected chi connectivity index (χ4v) is 5.04. The Kier molecular flexibility index (Phi) is 13.7. The highest BCUT2D eigenvalue weighted by molar-refractivity contribution is 7.87. The van der Waals surface area contributed by atoms with Crippen molar-refractivity contribution < 1.29 is 76.0 Å². The van der Waals surface area contributed by atoms with Crippen molar-refractivity contribution in [1.82, 2.24) is 0 Å². The quantitative estimate of drug-likeness (QED) is 0.110. The van der Waals surface area contributed by atoms with Crippen LogP contribution in [0.25, 0.3) is 0 Å². The minimum atomic E-state index is -6.10. The van der Waals surface area contributed by atoms with Crippen molar-refractivity contribution >= 4 is 20.2 Å². The molecule has 1 heterocycles. The van der Waals surface area contributed by atoms with Crippen LogP contribution in [-0.2, 0) is 63.2 Å². The molecule has 11 nitrogen and oxygen atoms in total. The molecule has 0 aliphatic carbocycles. The number of rotatable bonds is 12. The molecule has 1 saturated heterocycles. The summed E-state index contributed by atoms with van der Waals surface area (Å²) in [6, 6.07) is 26.4. The highest BCUT2D eigenvalue weighted by Gasteiger charge is 2.58. The normalized spacial score (nSPS) is 23.4. The third-order valence-corrected chi connectivity index (χ3v) is 8.30. The van der Waals surface area contributed by atoms with Crippen LogP contribution in [0.3, 0.4) is 0 Å². The van der Waals surface area contributed by atoms with Gasteiger partial charge >= 0.3 is 31.3 Å². The summed E-state index contributed by atoms with van der Waals surface area (Å²) in [5.74, 6) is -2.13. The van der Waals surface area contributed by atoms with Gasteiger partial charge in [0, 0.05) is 0 Å². The zero-order valence-corrected chi connectivity index (χ0v) is 27.1. The lowest BCUT2D eigenvalue weighted by Gasteiger charge is -2.48. The maximum atomic E-state index is 13.5. The second-order valence-corrected chi connectivity index (χ2v) is 13.5. The van der Waals surface area contributed by atoms with Crippen molar-refractivity contribution in [3.05, 3.63) is 108 Å². The van der Waals surface area contributed by atoms with E-state index in [1.165, 1.54) is 6.92 Å². The standard InChI is InChI=1S/C29H31F3O8S.CHF3O3S/c1-28(33)27(38-19-23-15-9-4-10-16-23)26(37-18-22-13-7-3-8-14-22)25(40-41(34,35)29(30,31)32)24(39-28)20-36-17-21-11-5-2-6-12-21;2-1(3,4)8(5,6)7/h2-16,24-27,33H,17-20H2,1H3;(H,5,6,7)/t24-,25+,26+,27-,28+;/m1./s1. The van der Waals surface area contributed by atoms with E-state index in [-0.39, 0.29) is 19.8 Å². The van der Waals surface area contributed by atoms with Gasteiger partial charge in [-0.2, -0.15) is 43.2 Å². The maximum absolute atomic E-state index is 13.5. The fraction of sp³-hybridized carbons (Fsp3) is 0.400. The van der Waals surface area contributed by atoms with Crippen LogP contribution in [0, 0.1) is 0 Å². The highest BCUT2D eigenvalue weighted by atomic mass is 32.2. The van der Waals surface area contributed by atoms with E-state index in [1.807, 2.05) is 0 Å². The average molecular weight is 747 g/mol. The first-order chi connectivity index (χ1) is 22.7. The smallest absolute Gasteiger partial charge is 0.374 e. The van der Waals surface area contributed by atoms with Crippen molar-refractivity contribution in [3.8, 4) is 0 Å². The average Bonchev–Trinajstić information content (AvgIpc) is 3.01. The molecule has 0 unspecified atom stereocenters. The van der Waals surface area contributed by atoms with Gasteiger partial charge in [-0.25, -0.2) is 0 Å². The molecule has 0 spiro atoms. The first-order valence-electron chi connectivity index (χ1n) is 14.1. The van der Waals surface area contributed by atoms with Crippen molar-refractivity contribution in [2.45, 2.75) is 68.0 Å². The van der Waals surface area contributed by atoms with Gasteiger partial charge in [-0.15, -0.1) is 0 Å². The Bertz CT molecular complexity index is 1660. The number of hydrogen-bond acceptors (Lipinski definition) is 10. The first kappa shape index (κ1) is 40.3. The summed E-state index contributed by atoms with van der Waals surface area (Å²) in [6.45, 7) is 0.672. The number of alkyl halides is 6. The molecule has 272 valence electrons. The van der Waals surface area contributed by atoms with E-state index in [0.717, 1.165) is 5.56 Å². The molecular weight excluding hydrogens is 714 g/mol. The maximum Gasteiger partial charge on any atom is 0.523 e. The van der Waals surface area contributed by atoms with Crippen LogP contribution in [0.1, 0.15) is 23.6 Å². The molecule has 49 heavy (non-hydrogen) atoms. The molecule has 0 aromatic heterocycles. The van der Waals surface area contributed by atoms with E-state index in [2.05, 4.69) is 0 Å². The first-order valence-corrected chi connectivity index (χ1v) is 16.9. The lowest BCUT2D eigenvalue weighted by molar-refractivity contribution is -0.355. The lowest BCUT2D eigenvalue weighted by atomic mass is 9.93. The number of halogens is 6. The van der Waals surface area contributed by atoms with E-state index in [1.54, 1.807) is 91.0 Å². The van der Waals surface area contributed by atoms with Gasteiger partial charge in [-0.05, 0) is 23.6 Å². The second-order valence-electron chi connectivity index (χ2n) is 10.6.